The molecule has 5 rings (SSSR count). The normalized spacial score (nSPS) is 17.8. The summed E-state index contributed by atoms with van der Waals surface area (Å²) in [5, 5.41) is 18.4. The molecular weight excluding hydrogens is 418 g/mol. The highest BCUT2D eigenvalue weighted by atomic mass is 16.6. The number of aryl methyl sites for hydroxylation is 1. The van der Waals surface area contributed by atoms with E-state index in [1.807, 2.05) is 67.6 Å². The Hall–Kier alpha value is -4.52. The molecule has 0 bridgehead atoms. The number of carbonyl (C=O) groups is 1. The van der Waals surface area contributed by atoms with Crippen molar-refractivity contribution in [3.63, 3.8) is 0 Å². The van der Waals surface area contributed by atoms with E-state index in [-0.39, 0.29) is 11.6 Å². The van der Waals surface area contributed by atoms with E-state index < -0.39 is 10.3 Å². The summed E-state index contributed by atoms with van der Waals surface area (Å²) < 4.78 is 5.70. The quantitative estimate of drug-likeness (QED) is 0.355. The highest BCUT2D eigenvalue weighted by molar-refractivity contribution is 6.20. The molecule has 0 radical (unpaired) electrons. The molecule has 1 N–H and O–H groups in total. The third kappa shape index (κ3) is 3.22. The van der Waals surface area contributed by atoms with Gasteiger partial charge in [0.2, 0.25) is 5.91 Å². The fraction of sp³-hybridized carbons (Fsp3) is 0.0769. The first-order chi connectivity index (χ1) is 16.0. The van der Waals surface area contributed by atoms with Gasteiger partial charge in [-0.3, -0.25) is 14.9 Å². The van der Waals surface area contributed by atoms with E-state index in [0.29, 0.717) is 33.9 Å². The first-order valence-corrected chi connectivity index (χ1v) is 10.4. The van der Waals surface area contributed by atoms with Gasteiger partial charge in [0.15, 0.2) is 5.76 Å². The smallest absolute Gasteiger partial charge is 0.269 e. The van der Waals surface area contributed by atoms with Crippen LogP contribution >= 0.6 is 0 Å². The molecule has 1 aliphatic heterocycles. The summed E-state index contributed by atoms with van der Waals surface area (Å²) >= 11 is 0. The molecule has 1 unspecified atom stereocenters. The first kappa shape index (κ1) is 20.4. The second-order valence-corrected chi connectivity index (χ2v) is 7.82. The van der Waals surface area contributed by atoms with Gasteiger partial charge in [0.05, 0.1) is 16.3 Å². The summed E-state index contributed by atoms with van der Waals surface area (Å²) in [7, 11) is 0. The maximum atomic E-state index is 13.9. The van der Waals surface area contributed by atoms with E-state index in [0.717, 1.165) is 5.56 Å². The van der Waals surface area contributed by atoms with Crippen molar-refractivity contribution in [1.29, 1.82) is 0 Å². The lowest BCUT2D eigenvalue weighted by Gasteiger charge is -2.30. The molecule has 1 aromatic heterocycles. The number of benzene rings is 3. The number of hydrogen-bond acceptors (Lipinski definition) is 5. The van der Waals surface area contributed by atoms with Gasteiger partial charge >= 0.3 is 0 Å². The van der Waals surface area contributed by atoms with Crippen LogP contribution in [-0.4, -0.2) is 16.0 Å². The van der Waals surface area contributed by atoms with Crippen molar-refractivity contribution in [2.45, 2.75) is 12.3 Å². The predicted molar refractivity (Wildman–Crippen MR) is 123 cm³/mol. The molecule has 2 heterocycles. The Labute approximate surface area is 189 Å². The molecule has 33 heavy (non-hydrogen) atoms. The number of hydrogen-bond donors (Lipinski definition) is 1. The van der Waals surface area contributed by atoms with Gasteiger partial charge in [-0.2, -0.15) is 0 Å². The molecule has 1 aliphatic rings. The van der Waals surface area contributed by atoms with E-state index >= 15 is 0 Å². The number of nitro benzene ring substituents is 1. The van der Waals surface area contributed by atoms with Crippen LogP contribution in [0.25, 0.3) is 11.3 Å². The number of nitrogens with one attached hydrogen (secondary N) is 1. The molecule has 0 aliphatic carbocycles. The zero-order valence-corrected chi connectivity index (χ0v) is 17.7. The molecule has 1 atom stereocenters. The van der Waals surface area contributed by atoms with E-state index in [4.69, 9.17) is 4.52 Å². The Morgan fingerprint density at radius 3 is 2.09 bits per heavy atom. The lowest BCUT2D eigenvalue weighted by Crippen LogP contribution is -2.39. The molecule has 1 amide bonds. The van der Waals surface area contributed by atoms with Gasteiger partial charge in [0, 0.05) is 23.8 Å². The van der Waals surface area contributed by atoms with Crippen LogP contribution in [0.2, 0.25) is 0 Å². The second-order valence-electron chi connectivity index (χ2n) is 7.82. The molecule has 0 saturated heterocycles. The summed E-state index contributed by atoms with van der Waals surface area (Å²) in [6.07, 6.45) is 0. The highest BCUT2D eigenvalue weighted by Gasteiger charge is 2.53. The Kier molecular flexibility index (Phi) is 4.86. The molecule has 162 valence electrons. The minimum absolute atomic E-state index is 0.0512. The average molecular weight is 437 g/mol. The number of carbonyl (C=O) groups excluding carboxylic acids is 1. The van der Waals surface area contributed by atoms with Crippen LogP contribution in [0.3, 0.4) is 0 Å². The van der Waals surface area contributed by atoms with Crippen molar-refractivity contribution < 1.29 is 14.2 Å². The topological polar surface area (TPSA) is 98.3 Å². The van der Waals surface area contributed by atoms with E-state index in [1.165, 1.54) is 12.1 Å². The van der Waals surface area contributed by atoms with Crippen LogP contribution in [0.1, 0.15) is 28.1 Å². The van der Waals surface area contributed by atoms with Gasteiger partial charge in [0.1, 0.15) is 5.41 Å². The summed E-state index contributed by atoms with van der Waals surface area (Å²) in [6, 6.07) is 26.7. The van der Waals surface area contributed by atoms with Crippen LogP contribution in [-0.2, 0) is 10.2 Å². The van der Waals surface area contributed by atoms with Crippen molar-refractivity contribution in [2.75, 3.05) is 0 Å². The van der Waals surface area contributed by atoms with Crippen LogP contribution in [0, 0.1) is 17.0 Å². The summed E-state index contributed by atoms with van der Waals surface area (Å²) in [5.74, 6) is 0.178. The van der Waals surface area contributed by atoms with Crippen molar-refractivity contribution in [2.24, 2.45) is 0 Å². The molecule has 0 spiro atoms. The van der Waals surface area contributed by atoms with Crippen molar-refractivity contribution in [1.82, 2.24) is 10.5 Å². The number of amides is 1. The Morgan fingerprint density at radius 1 is 0.909 bits per heavy atom. The van der Waals surface area contributed by atoms with Crippen molar-refractivity contribution in [3.8, 4) is 0 Å². The maximum absolute atomic E-state index is 13.9. The van der Waals surface area contributed by atoms with Crippen LogP contribution in [0.15, 0.2) is 95.5 Å². The monoisotopic (exact) mass is 437 g/mol. The SMILES string of the molecule is Cc1cc(C2=C(c3ccccc3)NC(=O)C2(c2ccccc2)c2ccc([N+](=O)[O-])cc2)on1. The lowest BCUT2D eigenvalue weighted by atomic mass is 9.68. The fourth-order valence-electron chi connectivity index (χ4n) is 4.42. The number of non-ortho nitro benzene ring substituents is 1. The van der Waals surface area contributed by atoms with Crippen molar-refractivity contribution >= 4 is 22.9 Å². The Bertz CT molecular complexity index is 1380. The minimum Gasteiger partial charge on any atom is -0.356 e. The fourth-order valence-corrected chi connectivity index (χ4v) is 4.42. The van der Waals surface area contributed by atoms with Crippen LogP contribution in [0.5, 0.6) is 0 Å². The summed E-state index contributed by atoms with van der Waals surface area (Å²) in [6.45, 7) is 1.82. The Balaban J connectivity index is 1.88. The number of aromatic nitrogens is 1. The number of nitrogens with zero attached hydrogens (tertiary/aromatic N) is 2. The average Bonchev–Trinajstić information content (AvgIpc) is 3.41. The molecule has 0 fully saturated rings. The van der Waals surface area contributed by atoms with Gasteiger partial charge in [-0.15, -0.1) is 0 Å². The van der Waals surface area contributed by atoms with E-state index in [9.17, 15) is 14.9 Å². The summed E-state index contributed by atoms with van der Waals surface area (Å²) in [4.78, 5) is 24.7. The predicted octanol–water partition coefficient (Wildman–Crippen LogP) is 4.88. The van der Waals surface area contributed by atoms with Gasteiger partial charge in [-0.05, 0) is 23.6 Å². The zero-order valence-electron chi connectivity index (χ0n) is 17.7. The van der Waals surface area contributed by atoms with Crippen LogP contribution < -0.4 is 5.32 Å². The van der Waals surface area contributed by atoms with Gasteiger partial charge in [-0.25, -0.2) is 0 Å². The lowest BCUT2D eigenvalue weighted by molar-refractivity contribution is -0.384. The van der Waals surface area contributed by atoms with E-state index in [2.05, 4.69) is 10.5 Å². The molecule has 7 heteroatoms. The molecule has 3 aromatic carbocycles. The van der Waals surface area contributed by atoms with Crippen LogP contribution in [0.4, 0.5) is 5.69 Å². The standard InChI is InChI=1S/C26H19N3O4/c1-17-16-22(33-28-17)23-24(18-8-4-2-5-9-18)27-25(30)26(23,19-10-6-3-7-11-19)20-12-14-21(15-13-20)29(31)32/h2-16H,1H3,(H,27,30). The minimum atomic E-state index is -1.30. The van der Waals surface area contributed by atoms with E-state index in [1.54, 1.807) is 18.2 Å². The summed E-state index contributed by atoms with van der Waals surface area (Å²) in [5.41, 5.74) is 2.67. The molecule has 0 saturated carbocycles. The van der Waals surface area contributed by atoms with Gasteiger partial charge in [-0.1, -0.05) is 78.0 Å². The third-order valence-electron chi connectivity index (χ3n) is 5.86. The molecule has 7 nitrogen and oxygen atoms in total. The van der Waals surface area contributed by atoms with Crippen molar-refractivity contribution in [3.05, 3.63) is 129 Å². The first-order valence-electron chi connectivity index (χ1n) is 10.4. The Morgan fingerprint density at radius 2 is 1.52 bits per heavy atom. The molecular formula is C26H19N3O4. The second kappa shape index (κ2) is 7.87. The molecule has 4 aromatic rings. The largest absolute Gasteiger partial charge is 0.356 e. The highest BCUT2D eigenvalue weighted by Crippen LogP contribution is 2.51. The number of rotatable bonds is 5. The third-order valence-corrected chi connectivity index (χ3v) is 5.86. The van der Waals surface area contributed by atoms with Gasteiger partial charge < -0.3 is 9.84 Å². The zero-order chi connectivity index (χ0) is 23.0. The maximum Gasteiger partial charge on any atom is 0.269 e. The number of nitro groups is 1. The van der Waals surface area contributed by atoms with Gasteiger partial charge in [0.25, 0.3) is 5.69 Å².